The average Bonchev–Trinajstić information content (AvgIpc) is 2.25. The summed E-state index contributed by atoms with van der Waals surface area (Å²) >= 11 is 4.58. The molecule has 0 fully saturated rings. The number of carbonyl (C=O) groups is 1. The summed E-state index contributed by atoms with van der Waals surface area (Å²) in [5.74, 6) is 0. The molecule has 1 aromatic rings. The normalized spacial score (nSPS) is 9.73. The van der Waals surface area contributed by atoms with Gasteiger partial charge in [-0.1, -0.05) is 22.9 Å². The first-order valence-corrected chi connectivity index (χ1v) is 6.18. The molecule has 0 unspecified atom stereocenters. The van der Waals surface area contributed by atoms with Gasteiger partial charge >= 0.3 is 6.09 Å². The summed E-state index contributed by atoms with van der Waals surface area (Å²) in [6.07, 6.45) is 0.431. The molecule has 0 bridgehead atoms. The first kappa shape index (κ1) is 12.4. The molecule has 82 valence electrons. The predicted molar refractivity (Wildman–Crippen MR) is 64.8 cm³/mol. The maximum Gasteiger partial charge on any atom is 0.417 e. The van der Waals surface area contributed by atoms with Crippen LogP contribution in [-0.2, 0) is 4.74 Å². The Labute approximate surface area is 102 Å². The number of halogens is 1. The van der Waals surface area contributed by atoms with Gasteiger partial charge in [0.05, 0.1) is 6.61 Å². The monoisotopic (exact) mass is 289 g/mol. The summed E-state index contributed by atoms with van der Waals surface area (Å²) in [5.41, 5.74) is 0. The number of rotatable bonds is 4. The molecule has 1 rings (SSSR count). The summed E-state index contributed by atoms with van der Waals surface area (Å²) in [5, 5.41) is 0. The summed E-state index contributed by atoms with van der Waals surface area (Å²) in [4.78, 5) is 12.0. The van der Waals surface area contributed by atoms with Crippen molar-refractivity contribution in [3.05, 3.63) is 28.7 Å². The molecule has 0 aliphatic rings. The lowest BCUT2D eigenvalue weighted by molar-refractivity contribution is 0.153. The van der Waals surface area contributed by atoms with Crippen molar-refractivity contribution in [3.8, 4) is 0 Å². The van der Waals surface area contributed by atoms with Gasteiger partial charge in [-0.05, 0) is 42.6 Å². The number of hydrogen-bond donors (Lipinski definition) is 1. The molecule has 0 saturated heterocycles. The Balaban J connectivity index is 2.30. The van der Waals surface area contributed by atoms with Crippen molar-refractivity contribution in [2.75, 3.05) is 6.61 Å². The highest BCUT2D eigenvalue weighted by Gasteiger charge is 2.01. The van der Waals surface area contributed by atoms with Gasteiger partial charge in [0, 0.05) is 9.37 Å². The predicted octanol–water partition coefficient (Wildman–Crippen LogP) is 3.59. The second-order valence-corrected chi connectivity index (χ2v) is 4.59. The molecule has 0 aliphatic carbocycles. The third-order valence-corrected chi connectivity index (χ3v) is 2.81. The van der Waals surface area contributed by atoms with Crippen molar-refractivity contribution in [1.29, 1.82) is 0 Å². The fraction of sp³-hybridized carbons (Fsp3) is 0.300. The molecule has 0 saturated carbocycles. The largest absolute Gasteiger partial charge is 0.449 e. The van der Waals surface area contributed by atoms with Gasteiger partial charge in [0.15, 0.2) is 0 Å². The zero-order chi connectivity index (χ0) is 11.1. The van der Waals surface area contributed by atoms with Gasteiger partial charge in [-0.15, -0.1) is 0 Å². The average molecular weight is 290 g/mol. The number of amides is 1. The lowest BCUT2D eigenvalue weighted by atomic mass is 10.4. The highest BCUT2D eigenvalue weighted by atomic mass is 79.9. The number of ether oxygens (including phenoxy) is 1. The van der Waals surface area contributed by atoms with Gasteiger partial charge in [-0.2, -0.15) is 0 Å². The Bertz CT molecular complexity index is 316. The van der Waals surface area contributed by atoms with E-state index in [2.05, 4.69) is 20.7 Å². The van der Waals surface area contributed by atoms with Crippen molar-refractivity contribution in [2.45, 2.75) is 18.2 Å². The molecule has 1 aromatic carbocycles. The van der Waals surface area contributed by atoms with Gasteiger partial charge in [0.25, 0.3) is 0 Å². The van der Waals surface area contributed by atoms with E-state index >= 15 is 0 Å². The molecule has 15 heavy (non-hydrogen) atoms. The second kappa shape index (κ2) is 6.74. The summed E-state index contributed by atoms with van der Waals surface area (Å²) in [6, 6.07) is 7.66. The first-order valence-electron chi connectivity index (χ1n) is 4.57. The van der Waals surface area contributed by atoms with Crippen LogP contribution in [0.25, 0.3) is 0 Å². The SMILES string of the molecule is CCCOC(=O)NSc1ccc(Br)cc1. The third kappa shape index (κ3) is 5.09. The first-order chi connectivity index (χ1) is 7.22. The van der Waals surface area contributed by atoms with E-state index < -0.39 is 6.09 Å². The molecular weight excluding hydrogens is 278 g/mol. The maximum atomic E-state index is 11.1. The lowest BCUT2D eigenvalue weighted by Gasteiger charge is -2.04. The standard InChI is InChI=1S/C10H12BrNO2S/c1-2-7-14-10(13)12-15-9-5-3-8(11)4-6-9/h3-6H,2,7H2,1H3,(H,12,13). The molecule has 0 aromatic heterocycles. The van der Waals surface area contributed by atoms with Gasteiger partial charge in [0.2, 0.25) is 0 Å². The topological polar surface area (TPSA) is 38.3 Å². The van der Waals surface area contributed by atoms with Crippen molar-refractivity contribution in [1.82, 2.24) is 4.72 Å². The quantitative estimate of drug-likeness (QED) is 0.861. The van der Waals surface area contributed by atoms with Crippen molar-refractivity contribution in [3.63, 3.8) is 0 Å². The lowest BCUT2D eigenvalue weighted by Crippen LogP contribution is -2.17. The number of benzene rings is 1. The van der Waals surface area contributed by atoms with Gasteiger partial charge in [-0.25, -0.2) is 4.79 Å². The van der Waals surface area contributed by atoms with Crippen LogP contribution in [0.5, 0.6) is 0 Å². The molecule has 5 heteroatoms. The minimum Gasteiger partial charge on any atom is -0.449 e. The van der Waals surface area contributed by atoms with E-state index in [9.17, 15) is 4.79 Å². The van der Waals surface area contributed by atoms with Crippen LogP contribution in [0.15, 0.2) is 33.6 Å². The molecule has 1 amide bonds. The highest BCUT2D eigenvalue weighted by Crippen LogP contribution is 2.17. The number of hydrogen-bond acceptors (Lipinski definition) is 3. The van der Waals surface area contributed by atoms with E-state index in [1.165, 1.54) is 11.9 Å². The van der Waals surface area contributed by atoms with E-state index in [4.69, 9.17) is 4.74 Å². The maximum absolute atomic E-state index is 11.1. The van der Waals surface area contributed by atoms with Crippen molar-refractivity contribution in [2.24, 2.45) is 0 Å². The summed E-state index contributed by atoms with van der Waals surface area (Å²) in [7, 11) is 0. The molecule has 0 atom stereocenters. The van der Waals surface area contributed by atoms with Crippen LogP contribution in [-0.4, -0.2) is 12.7 Å². The van der Waals surface area contributed by atoms with E-state index in [1.54, 1.807) is 0 Å². The second-order valence-electron chi connectivity index (χ2n) is 2.79. The molecule has 3 nitrogen and oxygen atoms in total. The minimum absolute atomic E-state index is 0.398. The van der Waals surface area contributed by atoms with E-state index in [-0.39, 0.29) is 0 Å². The summed E-state index contributed by atoms with van der Waals surface area (Å²) < 4.78 is 8.46. The van der Waals surface area contributed by atoms with Crippen LogP contribution >= 0.6 is 27.9 Å². The van der Waals surface area contributed by atoms with Crippen molar-refractivity contribution < 1.29 is 9.53 Å². The van der Waals surface area contributed by atoms with Gasteiger partial charge < -0.3 is 4.74 Å². The molecule has 1 N–H and O–H groups in total. The Morgan fingerprint density at radius 2 is 2.13 bits per heavy atom. The minimum atomic E-state index is -0.398. The van der Waals surface area contributed by atoms with E-state index in [0.717, 1.165) is 15.8 Å². The van der Waals surface area contributed by atoms with Crippen LogP contribution in [0.2, 0.25) is 0 Å². The molecule has 0 spiro atoms. The Kier molecular flexibility index (Phi) is 5.57. The van der Waals surface area contributed by atoms with Gasteiger partial charge in [-0.3, -0.25) is 4.72 Å². The molecular formula is C10H12BrNO2S. The Morgan fingerprint density at radius 1 is 1.47 bits per heavy atom. The zero-order valence-electron chi connectivity index (χ0n) is 8.33. The van der Waals surface area contributed by atoms with Gasteiger partial charge in [0.1, 0.15) is 0 Å². The Morgan fingerprint density at radius 3 is 2.73 bits per heavy atom. The van der Waals surface area contributed by atoms with Crippen molar-refractivity contribution >= 4 is 34.0 Å². The fourth-order valence-corrected chi connectivity index (χ4v) is 1.62. The molecule has 0 aliphatic heterocycles. The fourth-order valence-electron chi connectivity index (χ4n) is 0.827. The van der Waals surface area contributed by atoms with Crippen LogP contribution in [0.1, 0.15) is 13.3 Å². The Hall–Kier alpha value is -0.680. The van der Waals surface area contributed by atoms with Crippen LogP contribution in [0.3, 0.4) is 0 Å². The molecule has 0 radical (unpaired) electrons. The number of nitrogens with one attached hydrogen (secondary N) is 1. The summed E-state index contributed by atoms with van der Waals surface area (Å²) in [6.45, 7) is 2.40. The highest BCUT2D eigenvalue weighted by molar-refractivity contribution is 9.10. The van der Waals surface area contributed by atoms with E-state index in [1.807, 2.05) is 31.2 Å². The van der Waals surface area contributed by atoms with Crippen LogP contribution < -0.4 is 4.72 Å². The van der Waals surface area contributed by atoms with E-state index in [0.29, 0.717) is 6.61 Å². The van der Waals surface area contributed by atoms with Crippen LogP contribution in [0.4, 0.5) is 4.79 Å². The smallest absolute Gasteiger partial charge is 0.417 e. The molecule has 0 heterocycles. The zero-order valence-corrected chi connectivity index (χ0v) is 10.7. The van der Waals surface area contributed by atoms with Crippen LogP contribution in [0, 0.1) is 0 Å². The third-order valence-electron chi connectivity index (χ3n) is 1.50. The number of carbonyl (C=O) groups excluding carboxylic acids is 1.